The smallest absolute Gasteiger partial charge is 0.320 e. The van der Waals surface area contributed by atoms with Crippen molar-refractivity contribution in [2.75, 3.05) is 0 Å². The summed E-state index contributed by atoms with van der Waals surface area (Å²) in [6.07, 6.45) is 2.37. The first-order chi connectivity index (χ1) is 10.0. The van der Waals surface area contributed by atoms with Crippen LogP contribution < -0.4 is 0 Å². The van der Waals surface area contributed by atoms with Crippen LogP contribution in [0.15, 0.2) is 0 Å². The molecule has 1 saturated heterocycles. The van der Waals surface area contributed by atoms with E-state index in [-0.39, 0.29) is 6.10 Å². The minimum absolute atomic E-state index is 0.302. The number of hydroxylamine groups is 2. The Bertz CT molecular complexity index is 401. The van der Waals surface area contributed by atoms with Crippen molar-refractivity contribution < 1.29 is 24.6 Å². The van der Waals surface area contributed by atoms with Crippen molar-refractivity contribution in [2.45, 2.75) is 83.9 Å². The van der Waals surface area contributed by atoms with Gasteiger partial charge in [0.1, 0.15) is 6.10 Å². The summed E-state index contributed by atoms with van der Waals surface area (Å²) in [7, 11) is 0. The second kappa shape index (κ2) is 6.96. The van der Waals surface area contributed by atoms with E-state index in [1.54, 1.807) is 0 Å². The van der Waals surface area contributed by atoms with E-state index in [1.807, 2.05) is 34.6 Å². The highest BCUT2D eigenvalue weighted by Crippen LogP contribution is 2.38. The molecule has 0 aliphatic carbocycles. The van der Waals surface area contributed by atoms with Crippen molar-refractivity contribution in [2.24, 2.45) is 5.92 Å². The molecule has 0 saturated carbocycles. The highest BCUT2D eigenvalue weighted by atomic mass is 16.6. The number of rotatable bonds is 6. The molecule has 0 aromatic carbocycles. The summed E-state index contributed by atoms with van der Waals surface area (Å²) in [5.74, 6) is -2.89. The van der Waals surface area contributed by atoms with Crippen LogP contribution in [0.4, 0.5) is 0 Å². The SMILES string of the molecule is CCCCC(C(=O)O)C(=O)OC1CC(C)(C)N(O)C(C)(C)C1. The van der Waals surface area contributed by atoms with Gasteiger partial charge in [0.25, 0.3) is 0 Å². The number of hydrogen-bond acceptors (Lipinski definition) is 5. The number of carboxylic acids is 1. The number of carboxylic acid groups (broad SMARTS) is 1. The minimum Gasteiger partial charge on any atom is -0.481 e. The topological polar surface area (TPSA) is 87.1 Å². The maximum absolute atomic E-state index is 12.2. The third-order valence-corrected chi connectivity index (χ3v) is 4.31. The Labute approximate surface area is 132 Å². The number of nitrogens with zero attached hydrogens (tertiary/aromatic N) is 1. The fourth-order valence-corrected chi connectivity index (χ4v) is 3.26. The molecule has 0 spiro atoms. The summed E-state index contributed by atoms with van der Waals surface area (Å²) in [6.45, 7) is 9.45. The quantitative estimate of drug-likeness (QED) is 0.579. The molecule has 0 amide bonds. The van der Waals surface area contributed by atoms with E-state index in [0.29, 0.717) is 25.7 Å². The van der Waals surface area contributed by atoms with Crippen LogP contribution in [-0.4, -0.2) is 44.5 Å². The Balaban J connectivity index is 2.76. The zero-order chi connectivity index (χ0) is 17.1. The molecule has 0 aromatic heterocycles. The van der Waals surface area contributed by atoms with Gasteiger partial charge in [-0.1, -0.05) is 19.8 Å². The summed E-state index contributed by atoms with van der Waals surface area (Å²) in [5, 5.41) is 20.7. The van der Waals surface area contributed by atoms with Crippen LogP contribution in [0.25, 0.3) is 0 Å². The van der Waals surface area contributed by atoms with E-state index in [9.17, 15) is 19.9 Å². The predicted octanol–water partition coefficient (Wildman–Crippen LogP) is 2.83. The lowest BCUT2D eigenvalue weighted by Gasteiger charge is -2.50. The molecular formula is C16H29NO5. The second-order valence-corrected chi connectivity index (χ2v) is 7.44. The van der Waals surface area contributed by atoms with Gasteiger partial charge in [0.15, 0.2) is 5.92 Å². The first kappa shape index (κ1) is 18.9. The molecule has 6 heteroatoms. The van der Waals surface area contributed by atoms with E-state index < -0.39 is 28.9 Å². The van der Waals surface area contributed by atoms with Gasteiger partial charge < -0.3 is 15.1 Å². The van der Waals surface area contributed by atoms with Crippen molar-refractivity contribution in [1.29, 1.82) is 0 Å². The van der Waals surface area contributed by atoms with Crippen LogP contribution in [-0.2, 0) is 14.3 Å². The first-order valence-corrected chi connectivity index (χ1v) is 7.94. The summed E-state index contributed by atoms with van der Waals surface area (Å²) >= 11 is 0. The summed E-state index contributed by atoms with van der Waals surface area (Å²) in [4.78, 5) is 23.4. The number of ether oxygens (including phenoxy) is 1. The van der Waals surface area contributed by atoms with Crippen LogP contribution in [0.2, 0.25) is 0 Å². The zero-order valence-corrected chi connectivity index (χ0v) is 14.3. The molecular weight excluding hydrogens is 286 g/mol. The van der Waals surface area contributed by atoms with Crippen LogP contribution in [0, 0.1) is 5.92 Å². The average molecular weight is 315 g/mol. The molecule has 0 radical (unpaired) electrons. The summed E-state index contributed by atoms with van der Waals surface area (Å²) in [5.41, 5.74) is -1.07. The molecule has 1 rings (SSSR count). The average Bonchev–Trinajstić information content (AvgIpc) is 2.35. The van der Waals surface area contributed by atoms with Crippen LogP contribution in [0.3, 0.4) is 0 Å². The summed E-state index contributed by atoms with van der Waals surface area (Å²) in [6, 6.07) is 0. The third kappa shape index (κ3) is 4.43. The maximum atomic E-state index is 12.2. The second-order valence-electron chi connectivity index (χ2n) is 7.44. The van der Waals surface area contributed by atoms with Gasteiger partial charge in [0, 0.05) is 23.9 Å². The molecule has 1 atom stereocenters. The fourth-order valence-electron chi connectivity index (χ4n) is 3.26. The van der Waals surface area contributed by atoms with Crippen molar-refractivity contribution in [3.05, 3.63) is 0 Å². The number of aliphatic carboxylic acids is 1. The normalized spacial score (nSPS) is 23.0. The van der Waals surface area contributed by atoms with Crippen molar-refractivity contribution >= 4 is 11.9 Å². The Morgan fingerprint density at radius 1 is 1.23 bits per heavy atom. The zero-order valence-electron chi connectivity index (χ0n) is 14.3. The Morgan fingerprint density at radius 2 is 1.73 bits per heavy atom. The largest absolute Gasteiger partial charge is 0.481 e. The highest BCUT2D eigenvalue weighted by molar-refractivity contribution is 5.93. The van der Waals surface area contributed by atoms with Gasteiger partial charge in [-0.2, -0.15) is 5.06 Å². The first-order valence-electron chi connectivity index (χ1n) is 7.94. The third-order valence-electron chi connectivity index (χ3n) is 4.31. The Kier molecular flexibility index (Phi) is 5.98. The van der Waals surface area contributed by atoms with Gasteiger partial charge >= 0.3 is 11.9 Å². The van der Waals surface area contributed by atoms with Gasteiger partial charge in [0.2, 0.25) is 0 Å². The molecule has 6 nitrogen and oxygen atoms in total. The Hall–Kier alpha value is -1.14. The predicted molar refractivity (Wildman–Crippen MR) is 81.5 cm³/mol. The number of piperidine rings is 1. The van der Waals surface area contributed by atoms with E-state index >= 15 is 0 Å². The number of hydrogen-bond donors (Lipinski definition) is 2. The van der Waals surface area contributed by atoms with Crippen LogP contribution >= 0.6 is 0 Å². The molecule has 0 aromatic rings. The van der Waals surface area contributed by atoms with Gasteiger partial charge in [-0.15, -0.1) is 0 Å². The van der Waals surface area contributed by atoms with Crippen LogP contribution in [0.5, 0.6) is 0 Å². The standard InChI is InChI=1S/C16H29NO5/c1-6-7-8-12(13(18)19)14(20)22-11-9-15(2,3)17(21)16(4,5)10-11/h11-12,21H,6-10H2,1-5H3,(H,18,19). The minimum atomic E-state index is -1.13. The lowest BCUT2D eigenvalue weighted by atomic mass is 9.80. The van der Waals surface area contributed by atoms with Crippen LogP contribution in [0.1, 0.15) is 66.7 Å². The molecule has 128 valence electrons. The number of esters is 1. The number of carbonyl (C=O) groups is 2. The Morgan fingerprint density at radius 3 is 2.14 bits per heavy atom. The van der Waals surface area contributed by atoms with Gasteiger partial charge in [-0.3, -0.25) is 9.59 Å². The lowest BCUT2D eigenvalue weighted by Crippen LogP contribution is -2.60. The number of unbranched alkanes of at least 4 members (excludes halogenated alkanes) is 1. The number of carbonyl (C=O) groups excluding carboxylic acids is 1. The summed E-state index contributed by atoms with van der Waals surface area (Å²) < 4.78 is 5.47. The molecule has 1 unspecified atom stereocenters. The molecule has 1 aliphatic heterocycles. The van der Waals surface area contributed by atoms with Gasteiger partial charge in [0.05, 0.1) is 0 Å². The molecule has 22 heavy (non-hydrogen) atoms. The lowest BCUT2D eigenvalue weighted by molar-refractivity contribution is -0.260. The van der Waals surface area contributed by atoms with Gasteiger partial charge in [-0.05, 0) is 34.1 Å². The monoisotopic (exact) mass is 315 g/mol. The van der Waals surface area contributed by atoms with E-state index in [2.05, 4.69) is 0 Å². The van der Waals surface area contributed by atoms with Crippen molar-refractivity contribution in [1.82, 2.24) is 5.06 Å². The van der Waals surface area contributed by atoms with Gasteiger partial charge in [-0.25, -0.2) is 0 Å². The molecule has 1 aliphatic rings. The van der Waals surface area contributed by atoms with Crippen molar-refractivity contribution in [3.8, 4) is 0 Å². The molecule has 0 bridgehead atoms. The van der Waals surface area contributed by atoms with E-state index in [0.717, 1.165) is 6.42 Å². The van der Waals surface area contributed by atoms with E-state index in [4.69, 9.17) is 4.74 Å². The van der Waals surface area contributed by atoms with Crippen molar-refractivity contribution in [3.63, 3.8) is 0 Å². The fraction of sp³-hybridized carbons (Fsp3) is 0.875. The maximum Gasteiger partial charge on any atom is 0.320 e. The molecule has 2 N–H and O–H groups in total. The van der Waals surface area contributed by atoms with E-state index in [1.165, 1.54) is 5.06 Å². The molecule has 1 fully saturated rings. The highest BCUT2D eigenvalue weighted by Gasteiger charge is 2.46. The molecule has 1 heterocycles.